The first-order chi connectivity index (χ1) is 13.0. The van der Waals surface area contributed by atoms with E-state index in [1.165, 1.54) is 12.1 Å². The molecule has 0 saturated carbocycles. The summed E-state index contributed by atoms with van der Waals surface area (Å²) in [5, 5.41) is 10.8. The number of aryl methyl sites for hydroxylation is 1. The monoisotopic (exact) mass is 370 g/mol. The Morgan fingerprint density at radius 3 is 2.48 bits per heavy atom. The average molecular weight is 370 g/mol. The maximum atomic E-state index is 11.8. The third-order valence-corrected chi connectivity index (χ3v) is 4.48. The zero-order valence-corrected chi connectivity index (χ0v) is 15.5. The topological polar surface area (TPSA) is 98.5 Å². The van der Waals surface area contributed by atoms with Crippen LogP contribution in [0.5, 0.6) is 5.75 Å². The van der Waals surface area contributed by atoms with Crippen molar-refractivity contribution < 1.29 is 14.5 Å². The van der Waals surface area contributed by atoms with E-state index in [0.717, 1.165) is 31.5 Å². The van der Waals surface area contributed by atoms with Crippen molar-refractivity contribution in [2.75, 3.05) is 18.0 Å². The molecule has 0 unspecified atom stereocenters. The Kier molecular flexibility index (Phi) is 5.63. The highest BCUT2D eigenvalue weighted by Gasteiger charge is 2.23. The van der Waals surface area contributed by atoms with Gasteiger partial charge in [-0.05, 0) is 25.3 Å². The zero-order chi connectivity index (χ0) is 19.4. The van der Waals surface area contributed by atoms with Crippen LogP contribution in [-0.2, 0) is 11.2 Å². The number of rotatable bonds is 6. The van der Waals surface area contributed by atoms with Gasteiger partial charge in [-0.2, -0.15) is 0 Å². The highest BCUT2D eigenvalue weighted by Crippen LogP contribution is 2.32. The average Bonchev–Trinajstić information content (AvgIpc) is 3.18. The van der Waals surface area contributed by atoms with Crippen LogP contribution in [0, 0.1) is 17.0 Å². The van der Waals surface area contributed by atoms with Crippen LogP contribution >= 0.6 is 0 Å². The van der Waals surface area contributed by atoms with Crippen LogP contribution in [0.15, 0.2) is 24.3 Å². The standard InChI is InChI=1S/C19H22N4O4/c1-3-17(24)27-18-13(2)20-16(21-19(18)22-10-4-5-11-22)12-14-6-8-15(9-7-14)23(25)26/h6-9H,3-5,10-12H2,1-2H3. The van der Waals surface area contributed by atoms with Crippen molar-refractivity contribution in [3.63, 3.8) is 0 Å². The summed E-state index contributed by atoms with van der Waals surface area (Å²) in [4.78, 5) is 33.5. The Morgan fingerprint density at radius 2 is 1.89 bits per heavy atom. The highest BCUT2D eigenvalue weighted by atomic mass is 16.6. The molecule has 0 amide bonds. The lowest BCUT2D eigenvalue weighted by molar-refractivity contribution is -0.384. The van der Waals surface area contributed by atoms with Crippen LogP contribution in [0.4, 0.5) is 11.5 Å². The number of ether oxygens (including phenoxy) is 1. The second-order valence-corrected chi connectivity index (χ2v) is 6.50. The summed E-state index contributed by atoms with van der Waals surface area (Å²) >= 11 is 0. The molecule has 2 heterocycles. The number of benzene rings is 1. The minimum absolute atomic E-state index is 0.0513. The lowest BCUT2D eigenvalue weighted by Crippen LogP contribution is -2.23. The summed E-state index contributed by atoms with van der Waals surface area (Å²) in [6.07, 6.45) is 2.87. The Labute approximate surface area is 157 Å². The first-order valence-corrected chi connectivity index (χ1v) is 9.04. The van der Waals surface area contributed by atoms with Gasteiger partial charge in [-0.15, -0.1) is 0 Å². The van der Waals surface area contributed by atoms with Crippen LogP contribution in [0.3, 0.4) is 0 Å². The number of nitrogens with zero attached hydrogens (tertiary/aromatic N) is 4. The van der Waals surface area contributed by atoms with Gasteiger partial charge in [0.15, 0.2) is 11.6 Å². The Morgan fingerprint density at radius 1 is 1.22 bits per heavy atom. The largest absolute Gasteiger partial charge is 0.421 e. The van der Waals surface area contributed by atoms with Crippen LogP contribution in [0.25, 0.3) is 0 Å². The fraction of sp³-hybridized carbons (Fsp3) is 0.421. The van der Waals surface area contributed by atoms with Gasteiger partial charge in [-0.1, -0.05) is 19.1 Å². The van der Waals surface area contributed by atoms with Crippen molar-refractivity contribution in [3.05, 3.63) is 51.5 Å². The minimum atomic E-state index is -0.424. The van der Waals surface area contributed by atoms with Crippen molar-refractivity contribution in [1.29, 1.82) is 0 Å². The molecule has 1 fully saturated rings. The fourth-order valence-electron chi connectivity index (χ4n) is 3.05. The van der Waals surface area contributed by atoms with E-state index in [1.54, 1.807) is 26.0 Å². The van der Waals surface area contributed by atoms with Gasteiger partial charge >= 0.3 is 5.97 Å². The van der Waals surface area contributed by atoms with Gasteiger partial charge in [0.1, 0.15) is 5.82 Å². The summed E-state index contributed by atoms with van der Waals surface area (Å²) in [6, 6.07) is 6.36. The second-order valence-electron chi connectivity index (χ2n) is 6.50. The molecule has 8 heteroatoms. The van der Waals surface area contributed by atoms with E-state index in [4.69, 9.17) is 4.74 Å². The van der Waals surface area contributed by atoms with Gasteiger partial charge in [-0.25, -0.2) is 9.97 Å². The van der Waals surface area contributed by atoms with E-state index >= 15 is 0 Å². The van der Waals surface area contributed by atoms with Crippen molar-refractivity contribution in [2.45, 2.75) is 39.5 Å². The van der Waals surface area contributed by atoms with Crippen LogP contribution in [0.1, 0.15) is 43.3 Å². The molecule has 0 N–H and O–H groups in total. The molecule has 1 aliphatic heterocycles. The van der Waals surface area contributed by atoms with Crippen LogP contribution < -0.4 is 9.64 Å². The number of hydrogen-bond donors (Lipinski definition) is 0. The third kappa shape index (κ3) is 4.39. The molecule has 0 spiro atoms. The molecule has 27 heavy (non-hydrogen) atoms. The summed E-state index contributed by atoms with van der Waals surface area (Å²) in [5.74, 6) is 1.36. The second kappa shape index (κ2) is 8.11. The first-order valence-electron chi connectivity index (χ1n) is 9.04. The Balaban J connectivity index is 1.91. The number of nitro benzene ring substituents is 1. The lowest BCUT2D eigenvalue weighted by Gasteiger charge is -2.21. The number of carbonyl (C=O) groups is 1. The summed E-state index contributed by atoms with van der Waals surface area (Å²) in [5.41, 5.74) is 1.55. The smallest absolute Gasteiger partial charge is 0.311 e. The van der Waals surface area contributed by atoms with Gasteiger partial charge in [0.2, 0.25) is 0 Å². The molecule has 0 bridgehead atoms. The van der Waals surface area contributed by atoms with Gasteiger partial charge in [0.05, 0.1) is 10.6 Å². The zero-order valence-electron chi connectivity index (χ0n) is 15.5. The molecule has 8 nitrogen and oxygen atoms in total. The highest BCUT2D eigenvalue weighted by molar-refractivity contribution is 5.74. The molecule has 0 radical (unpaired) electrons. The SMILES string of the molecule is CCC(=O)Oc1c(C)nc(Cc2ccc([N+](=O)[O-])cc2)nc1N1CCCC1. The van der Waals surface area contributed by atoms with E-state index in [-0.39, 0.29) is 18.1 Å². The van der Waals surface area contributed by atoms with Crippen molar-refractivity contribution in [3.8, 4) is 5.75 Å². The molecule has 1 aliphatic rings. The molecule has 1 aromatic carbocycles. The number of non-ortho nitro benzene ring substituents is 1. The Bertz CT molecular complexity index is 846. The predicted molar refractivity (Wildman–Crippen MR) is 100 cm³/mol. The molecule has 142 valence electrons. The first kappa shape index (κ1) is 18.8. The molecule has 1 aromatic heterocycles. The predicted octanol–water partition coefficient (Wildman–Crippen LogP) is 3.20. The maximum Gasteiger partial charge on any atom is 0.311 e. The maximum absolute atomic E-state index is 11.8. The van der Waals surface area contributed by atoms with Gasteiger partial charge in [-0.3, -0.25) is 14.9 Å². The van der Waals surface area contributed by atoms with E-state index in [1.807, 2.05) is 0 Å². The van der Waals surface area contributed by atoms with Gasteiger partial charge < -0.3 is 9.64 Å². The molecular weight excluding hydrogens is 348 g/mol. The number of hydrogen-bond acceptors (Lipinski definition) is 7. The Hall–Kier alpha value is -3.03. The molecule has 1 saturated heterocycles. The van der Waals surface area contributed by atoms with E-state index < -0.39 is 4.92 Å². The summed E-state index contributed by atoms with van der Waals surface area (Å²) in [7, 11) is 0. The van der Waals surface area contributed by atoms with Gasteiger partial charge in [0, 0.05) is 38.1 Å². The number of aromatic nitrogens is 2. The summed E-state index contributed by atoms with van der Waals surface area (Å²) in [6.45, 7) is 5.28. The number of carbonyl (C=O) groups excluding carboxylic acids is 1. The lowest BCUT2D eigenvalue weighted by atomic mass is 10.1. The molecule has 2 aromatic rings. The van der Waals surface area contributed by atoms with E-state index in [2.05, 4.69) is 14.9 Å². The van der Waals surface area contributed by atoms with Crippen LogP contribution in [0.2, 0.25) is 0 Å². The number of esters is 1. The quantitative estimate of drug-likeness (QED) is 0.437. The third-order valence-electron chi connectivity index (χ3n) is 4.48. The summed E-state index contributed by atoms with van der Waals surface area (Å²) < 4.78 is 5.50. The number of nitro groups is 1. The van der Waals surface area contributed by atoms with Crippen molar-refractivity contribution in [2.24, 2.45) is 0 Å². The molecule has 0 atom stereocenters. The van der Waals surface area contributed by atoms with Crippen molar-refractivity contribution >= 4 is 17.5 Å². The van der Waals surface area contributed by atoms with Crippen LogP contribution in [-0.4, -0.2) is 34.0 Å². The van der Waals surface area contributed by atoms with E-state index in [9.17, 15) is 14.9 Å². The normalized spacial score (nSPS) is 13.6. The minimum Gasteiger partial charge on any atom is -0.421 e. The van der Waals surface area contributed by atoms with Crippen molar-refractivity contribution in [1.82, 2.24) is 9.97 Å². The molecule has 3 rings (SSSR count). The molecule has 0 aliphatic carbocycles. The van der Waals surface area contributed by atoms with Gasteiger partial charge in [0.25, 0.3) is 5.69 Å². The number of anilines is 1. The molecular formula is C19H22N4O4. The van der Waals surface area contributed by atoms with E-state index in [0.29, 0.717) is 29.5 Å². The fourth-order valence-corrected chi connectivity index (χ4v) is 3.05.